The van der Waals surface area contributed by atoms with Crippen LogP contribution in [-0.2, 0) is 6.42 Å². The highest BCUT2D eigenvalue weighted by atomic mass is 14.3. The molecule has 0 heterocycles. The molecule has 0 spiro atoms. The van der Waals surface area contributed by atoms with Crippen molar-refractivity contribution in [3.05, 3.63) is 95.6 Å². The summed E-state index contributed by atoms with van der Waals surface area (Å²) < 4.78 is 0. The van der Waals surface area contributed by atoms with E-state index in [2.05, 4.69) is 92.7 Å². The largest absolute Gasteiger partial charge is 0.0651 e. The normalized spacial score (nSPS) is 20.1. The predicted octanol–water partition coefficient (Wildman–Crippen LogP) is 8.77. The standard InChI is InChI=1S/C30H36/c1-3-7-24-10-14-27(15-11-24)29-18-20-30(21-19-29)28-16-12-25(13-17-28)22-23(2)26-8-5-4-6-9-26/h4-6,8-11,14-15,18-21,23,25,28H,3,7,12-13,16-17,22H2,1-2H3/t23-,25?,28?/m1/s1. The molecule has 1 aliphatic rings. The van der Waals surface area contributed by atoms with Crippen LogP contribution in [-0.4, -0.2) is 0 Å². The quantitative estimate of drug-likeness (QED) is 0.374. The first-order valence-electron chi connectivity index (χ1n) is 12.0. The van der Waals surface area contributed by atoms with E-state index < -0.39 is 0 Å². The lowest BCUT2D eigenvalue weighted by molar-refractivity contribution is 0.297. The second kappa shape index (κ2) is 10.1. The van der Waals surface area contributed by atoms with Crippen LogP contribution >= 0.6 is 0 Å². The van der Waals surface area contributed by atoms with E-state index in [0.717, 1.165) is 11.8 Å². The summed E-state index contributed by atoms with van der Waals surface area (Å²) in [7, 11) is 0. The minimum atomic E-state index is 0.677. The minimum Gasteiger partial charge on any atom is -0.0651 e. The summed E-state index contributed by atoms with van der Waals surface area (Å²) in [5, 5.41) is 0. The van der Waals surface area contributed by atoms with Crippen molar-refractivity contribution in [2.75, 3.05) is 0 Å². The molecule has 30 heavy (non-hydrogen) atoms. The minimum absolute atomic E-state index is 0.677. The SMILES string of the molecule is CCCc1ccc(-c2ccc(C3CCC(C[C@@H](C)c4ccccc4)CC3)cc2)cc1. The van der Waals surface area contributed by atoms with Crippen LogP contribution in [0.3, 0.4) is 0 Å². The molecule has 156 valence electrons. The van der Waals surface area contributed by atoms with Gasteiger partial charge in [0.2, 0.25) is 0 Å². The van der Waals surface area contributed by atoms with Crippen LogP contribution in [0.4, 0.5) is 0 Å². The van der Waals surface area contributed by atoms with Crippen molar-refractivity contribution >= 4 is 0 Å². The Kier molecular flexibility index (Phi) is 7.05. The zero-order chi connectivity index (χ0) is 20.8. The van der Waals surface area contributed by atoms with Crippen LogP contribution in [0.5, 0.6) is 0 Å². The Morgan fingerprint density at radius 1 is 0.733 bits per heavy atom. The lowest BCUT2D eigenvalue weighted by atomic mass is 9.75. The van der Waals surface area contributed by atoms with E-state index in [1.165, 1.54) is 72.8 Å². The van der Waals surface area contributed by atoms with Crippen LogP contribution in [0, 0.1) is 5.92 Å². The summed E-state index contributed by atoms with van der Waals surface area (Å²) in [6, 6.07) is 29.6. The molecule has 3 aromatic rings. The van der Waals surface area contributed by atoms with Crippen molar-refractivity contribution in [1.82, 2.24) is 0 Å². The Labute approximate surface area is 183 Å². The molecule has 0 heteroatoms. The lowest BCUT2D eigenvalue weighted by Crippen LogP contribution is -2.15. The van der Waals surface area contributed by atoms with Crippen molar-refractivity contribution in [2.45, 2.75) is 70.6 Å². The predicted molar refractivity (Wildman–Crippen MR) is 130 cm³/mol. The van der Waals surface area contributed by atoms with E-state index >= 15 is 0 Å². The van der Waals surface area contributed by atoms with Gasteiger partial charge in [0.1, 0.15) is 0 Å². The first-order valence-corrected chi connectivity index (χ1v) is 12.0. The molecule has 0 amide bonds. The molecule has 1 atom stereocenters. The average molecular weight is 397 g/mol. The first kappa shape index (κ1) is 20.9. The summed E-state index contributed by atoms with van der Waals surface area (Å²) >= 11 is 0. The molecule has 0 bridgehead atoms. The number of benzene rings is 3. The topological polar surface area (TPSA) is 0 Å². The van der Waals surface area contributed by atoms with Crippen molar-refractivity contribution < 1.29 is 0 Å². The molecule has 4 rings (SSSR count). The molecular weight excluding hydrogens is 360 g/mol. The highest BCUT2D eigenvalue weighted by Gasteiger charge is 2.24. The Morgan fingerprint density at radius 2 is 1.33 bits per heavy atom. The maximum atomic E-state index is 2.40. The van der Waals surface area contributed by atoms with Gasteiger partial charge in [-0.3, -0.25) is 0 Å². The van der Waals surface area contributed by atoms with Crippen LogP contribution in [0.15, 0.2) is 78.9 Å². The molecule has 0 aliphatic heterocycles. The molecule has 1 aliphatic carbocycles. The second-order valence-electron chi connectivity index (χ2n) is 9.33. The van der Waals surface area contributed by atoms with Gasteiger partial charge in [-0.15, -0.1) is 0 Å². The number of hydrogen-bond acceptors (Lipinski definition) is 0. The van der Waals surface area contributed by atoms with Crippen molar-refractivity contribution in [2.24, 2.45) is 5.92 Å². The Hall–Kier alpha value is -2.34. The monoisotopic (exact) mass is 396 g/mol. The van der Waals surface area contributed by atoms with Crippen LogP contribution in [0.2, 0.25) is 0 Å². The third-order valence-electron chi connectivity index (χ3n) is 7.11. The van der Waals surface area contributed by atoms with Gasteiger partial charge in [-0.2, -0.15) is 0 Å². The summed E-state index contributed by atoms with van der Waals surface area (Å²) in [4.78, 5) is 0. The summed E-state index contributed by atoms with van der Waals surface area (Å²) in [5.41, 5.74) is 7.15. The molecule has 3 aromatic carbocycles. The Morgan fingerprint density at radius 3 is 1.93 bits per heavy atom. The zero-order valence-electron chi connectivity index (χ0n) is 18.7. The van der Waals surface area contributed by atoms with Gasteiger partial charge in [-0.25, -0.2) is 0 Å². The maximum absolute atomic E-state index is 2.40. The molecule has 0 aromatic heterocycles. The molecule has 0 radical (unpaired) electrons. The van der Waals surface area contributed by atoms with Crippen molar-refractivity contribution in [3.63, 3.8) is 0 Å². The Balaban J connectivity index is 1.31. The van der Waals surface area contributed by atoms with Gasteiger partial charge in [0.15, 0.2) is 0 Å². The smallest absolute Gasteiger partial charge is 0.0162 e. The molecule has 0 saturated heterocycles. The van der Waals surface area contributed by atoms with Crippen molar-refractivity contribution in [1.29, 1.82) is 0 Å². The fourth-order valence-corrected chi connectivity index (χ4v) is 5.25. The lowest BCUT2D eigenvalue weighted by Gasteiger charge is -2.30. The van der Waals surface area contributed by atoms with Gasteiger partial charge in [0.05, 0.1) is 0 Å². The molecule has 0 N–H and O–H groups in total. The van der Waals surface area contributed by atoms with E-state index in [0.29, 0.717) is 5.92 Å². The Bertz CT molecular complexity index is 881. The van der Waals surface area contributed by atoms with Gasteiger partial charge in [-0.05, 0) is 84.1 Å². The van der Waals surface area contributed by atoms with E-state index in [9.17, 15) is 0 Å². The van der Waals surface area contributed by atoms with Crippen LogP contribution in [0.1, 0.15) is 80.9 Å². The number of rotatable bonds is 7. The highest BCUT2D eigenvalue weighted by Crippen LogP contribution is 2.40. The van der Waals surface area contributed by atoms with Gasteiger partial charge in [0.25, 0.3) is 0 Å². The van der Waals surface area contributed by atoms with Gasteiger partial charge in [0, 0.05) is 0 Å². The second-order valence-corrected chi connectivity index (χ2v) is 9.33. The van der Waals surface area contributed by atoms with Gasteiger partial charge < -0.3 is 0 Å². The molecular formula is C30H36. The fourth-order valence-electron chi connectivity index (χ4n) is 5.25. The fraction of sp³-hybridized carbons (Fsp3) is 0.400. The summed E-state index contributed by atoms with van der Waals surface area (Å²) in [5.74, 6) is 2.31. The van der Waals surface area contributed by atoms with Crippen LogP contribution in [0.25, 0.3) is 11.1 Å². The summed E-state index contributed by atoms with van der Waals surface area (Å²) in [6.07, 6.45) is 9.16. The molecule has 0 unspecified atom stereocenters. The van der Waals surface area contributed by atoms with Crippen molar-refractivity contribution in [3.8, 4) is 11.1 Å². The number of hydrogen-bond donors (Lipinski definition) is 0. The first-order chi connectivity index (χ1) is 14.7. The van der Waals surface area contributed by atoms with Gasteiger partial charge >= 0.3 is 0 Å². The molecule has 1 saturated carbocycles. The third-order valence-corrected chi connectivity index (χ3v) is 7.11. The van der Waals surface area contributed by atoms with Gasteiger partial charge in [-0.1, -0.05) is 99.1 Å². The van der Waals surface area contributed by atoms with E-state index in [4.69, 9.17) is 0 Å². The average Bonchev–Trinajstić information content (AvgIpc) is 2.81. The maximum Gasteiger partial charge on any atom is -0.0162 e. The summed E-state index contributed by atoms with van der Waals surface area (Å²) in [6.45, 7) is 4.64. The van der Waals surface area contributed by atoms with E-state index in [1.54, 1.807) is 0 Å². The third kappa shape index (κ3) is 5.22. The molecule has 1 fully saturated rings. The zero-order valence-corrected chi connectivity index (χ0v) is 18.7. The van der Waals surface area contributed by atoms with Crippen LogP contribution < -0.4 is 0 Å². The van der Waals surface area contributed by atoms with E-state index in [-0.39, 0.29) is 0 Å². The number of aryl methyl sites for hydroxylation is 1. The highest BCUT2D eigenvalue weighted by molar-refractivity contribution is 5.64. The van der Waals surface area contributed by atoms with E-state index in [1.807, 2.05) is 0 Å². The molecule has 0 nitrogen and oxygen atoms in total.